The molecule has 6 heteroatoms. The van der Waals surface area contributed by atoms with E-state index in [9.17, 15) is 0 Å². The van der Waals surface area contributed by atoms with Crippen LogP contribution in [0.5, 0.6) is 0 Å². The Balaban J connectivity index is 1.50. The summed E-state index contributed by atoms with van der Waals surface area (Å²) < 4.78 is 10.6. The van der Waals surface area contributed by atoms with Gasteiger partial charge in [-0.1, -0.05) is 5.16 Å². The summed E-state index contributed by atoms with van der Waals surface area (Å²) in [4.78, 5) is 4.43. The first-order chi connectivity index (χ1) is 8.92. The second-order valence-corrected chi connectivity index (χ2v) is 4.57. The van der Waals surface area contributed by atoms with E-state index in [1.54, 1.807) is 0 Å². The van der Waals surface area contributed by atoms with E-state index in [1.165, 1.54) is 5.56 Å². The maximum absolute atomic E-state index is 5.32. The van der Waals surface area contributed by atoms with Crippen LogP contribution in [0.3, 0.4) is 0 Å². The van der Waals surface area contributed by atoms with Crippen LogP contribution in [0.2, 0.25) is 0 Å². The minimum Gasteiger partial charge on any atom is -0.381 e. The fourth-order valence-electron chi connectivity index (χ4n) is 2.13. The van der Waals surface area contributed by atoms with Gasteiger partial charge in [-0.3, -0.25) is 5.10 Å². The zero-order valence-corrected chi connectivity index (χ0v) is 10.1. The molecule has 18 heavy (non-hydrogen) atoms. The summed E-state index contributed by atoms with van der Waals surface area (Å²) in [6.45, 7) is 1.52. The van der Waals surface area contributed by atoms with E-state index >= 15 is 0 Å². The van der Waals surface area contributed by atoms with Crippen LogP contribution in [0.4, 0.5) is 0 Å². The number of H-pyrrole nitrogens is 1. The molecule has 0 bridgehead atoms. The zero-order chi connectivity index (χ0) is 12.2. The molecule has 6 nitrogen and oxygen atoms in total. The molecule has 1 saturated heterocycles. The standard InChI is InChI=1S/C12H16N4O2/c1(2-9-6-13-14-7-9)3-11-15-12(16-18-11)10-4-5-17-8-10/h6-7,10H,1-5,8H2,(H,13,14)/t10-/m1/s1. The lowest BCUT2D eigenvalue weighted by atomic mass is 10.1. The topological polar surface area (TPSA) is 76.8 Å². The molecule has 0 radical (unpaired) electrons. The number of aromatic nitrogens is 4. The molecule has 0 spiro atoms. The Bertz CT molecular complexity index is 474. The van der Waals surface area contributed by atoms with E-state index in [0.717, 1.165) is 44.0 Å². The smallest absolute Gasteiger partial charge is 0.226 e. The van der Waals surface area contributed by atoms with Crippen LogP contribution in [0.15, 0.2) is 16.9 Å². The predicted octanol–water partition coefficient (Wildman–Crippen LogP) is 1.47. The fraction of sp³-hybridized carbons (Fsp3) is 0.583. The summed E-state index contributed by atoms with van der Waals surface area (Å²) in [5, 5.41) is 10.7. The van der Waals surface area contributed by atoms with E-state index in [-0.39, 0.29) is 0 Å². The predicted molar refractivity (Wildman–Crippen MR) is 63.1 cm³/mol. The number of hydrogen-bond acceptors (Lipinski definition) is 5. The molecule has 3 heterocycles. The molecular formula is C12H16N4O2. The van der Waals surface area contributed by atoms with Gasteiger partial charge in [-0.25, -0.2) is 0 Å². The van der Waals surface area contributed by atoms with E-state index in [1.807, 2.05) is 12.4 Å². The third-order valence-electron chi connectivity index (χ3n) is 3.19. The van der Waals surface area contributed by atoms with Gasteiger partial charge in [0.1, 0.15) is 0 Å². The van der Waals surface area contributed by atoms with Gasteiger partial charge in [-0.2, -0.15) is 10.1 Å². The van der Waals surface area contributed by atoms with Crippen LogP contribution in [0.1, 0.15) is 36.0 Å². The third kappa shape index (κ3) is 2.59. The lowest BCUT2D eigenvalue weighted by molar-refractivity contribution is 0.192. The average molecular weight is 248 g/mol. The van der Waals surface area contributed by atoms with Crippen molar-refractivity contribution in [3.8, 4) is 0 Å². The molecule has 0 unspecified atom stereocenters. The lowest BCUT2D eigenvalue weighted by Crippen LogP contribution is -2.00. The van der Waals surface area contributed by atoms with Crippen LogP contribution in [-0.2, 0) is 17.6 Å². The molecule has 2 aromatic rings. The van der Waals surface area contributed by atoms with E-state index in [2.05, 4.69) is 20.3 Å². The van der Waals surface area contributed by atoms with Gasteiger partial charge >= 0.3 is 0 Å². The molecule has 0 saturated carbocycles. The molecule has 1 atom stereocenters. The highest BCUT2D eigenvalue weighted by Gasteiger charge is 2.22. The summed E-state index contributed by atoms with van der Waals surface area (Å²) in [5.41, 5.74) is 1.21. The number of rotatable bonds is 5. The number of nitrogens with zero attached hydrogens (tertiary/aromatic N) is 3. The minimum absolute atomic E-state index is 0.316. The number of nitrogens with one attached hydrogen (secondary N) is 1. The molecule has 0 aliphatic carbocycles. The second-order valence-electron chi connectivity index (χ2n) is 4.57. The number of aryl methyl sites for hydroxylation is 2. The van der Waals surface area contributed by atoms with Crippen molar-refractivity contribution < 1.29 is 9.26 Å². The van der Waals surface area contributed by atoms with Crippen molar-refractivity contribution in [1.29, 1.82) is 0 Å². The first kappa shape index (κ1) is 11.4. The quantitative estimate of drug-likeness (QED) is 0.867. The minimum atomic E-state index is 0.316. The maximum atomic E-state index is 5.32. The Hall–Kier alpha value is -1.69. The Labute approximate surface area is 105 Å². The summed E-state index contributed by atoms with van der Waals surface area (Å²) >= 11 is 0. The van der Waals surface area contributed by atoms with Gasteiger partial charge in [0.15, 0.2) is 5.82 Å². The normalized spacial score (nSPS) is 19.4. The third-order valence-corrected chi connectivity index (χ3v) is 3.19. The molecule has 1 fully saturated rings. The monoisotopic (exact) mass is 248 g/mol. The number of ether oxygens (including phenoxy) is 1. The second kappa shape index (κ2) is 5.30. The highest BCUT2D eigenvalue weighted by molar-refractivity contribution is 5.03. The van der Waals surface area contributed by atoms with E-state index < -0.39 is 0 Å². The number of aromatic amines is 1. The first-order valence-corrected chi connectivity index (χ1v) is 6.29. The van der Waals surface area contributed by atoms with Crippen molar-refractivity contribution in [3.63, 3.8) is 0 Å². The van der Waals surface area contributed by atoms with Crippen LogP contribution in [0.25, 0.3) is 0 Å². The average Bonchev–Trinajstić information content (AvgIpc) is 3.12. The van der Waals surface area contributed by atoms with Crippen molar-refractivity contribution >= 4 is 0 Å². The molecular weight excluding hydrogens is 232 g/mol. The summed E-state index contributed by atoms with van der Waals surface area (Å²) in [5.74, 6) is 1.84. The van der Waals surface area contributed by atoms with Crippen LogP contribution >= 0.6 is 0 Å². The van der Waals surface area contributed by atoms with Gasteiger partial charge in [0, 0.05) is 25.1 Å². The van der Waals surface area contributed by atoms with Gasteiger partial charge < -0.3 is 9.26 Å². The van der Waals surface area contributed by atoms with Crippen molar-refractivity contribution in [2.75, 3.05) is 13.2 Å². The Morgan fingerprint density at radius 2 is 2.39 bits per heavy atom. The number of hydrogen-bond donors (Lipinski definition) is 1. The van der Waals surface area contributed by atoms with Gasteiger partial charge in [0.2, 0.25) is 5.89 Å². The summed E-state index contributed by atoms with van der Waals surface area (Å²) in [6.07, 6.45) is 7.52. The molecule has 0 aromatic carbocycles. The van der Waals surface area contributed by atoms with E-state index in [0.29, 0.717) is 12.5 Å². The Morgan fingerprint density at radius 1 is 1.39 bits per heavy atom. The van der Waals surface area contributed by atoms with Crippen molar-refractivity contribution in [3.05, 3.63) is 29.7 Å². The van der Waals surface area contributed by atoms with Crippen molar-refractivity contribution in [2.24, 2.45) is 0 Å². The van der Waals surface area contributed by atoms with Gasteiger partial charge in [-0.15, -0.1) is 0 Å². The highest BCUT2D eigenvalue weighted by Crippen LogP contribution is 2.22. The highest BCUT2D eigenvalue weighted by atomic mass is 16.5. The van der Waals surface area contributed by atoms with Gasteiger partial charge in [-0.05, 0) is 24.8 Å². The molecule has 0 amide bonds. The Morgan fingerprint density at radius 3 is 3.17 bits per heavy atom. The molecule has 1 N–H and O–H groups in total. The zero-order valence-electron chi connectivity index (χ0n) is 10.1. The summed E-state index contributed by atoms with van der Waals surface area (Å²) in [7, 11) is 0. The molecule has 2 aromatic heterocycles. The van der Waals surface area contributed by atoms with Gasteiger partial charge in [0.25, 0.3) is 0 Å². The van der Waals surface area contributed by atoms with E-state index in [4.69, 9.17) is 9.26 Å². The summed E-state index contributed by atoms with van der Waals surface area (Å²) in [6, 6.07) is 0. The molecule has 96 valence electrons. The van der Waals surface area contributed by atoms with Crippen molar-refractivity contribution in [2.45, 2.75) is 31.6 Å². The SMILES string of the molecule is c1n[nH]cc1CCCc1nc([C@@H]2CCOC2)no1. The molecule has 3 rings (SSSR count). The molecule has 1 aliphatic heterocycles. The van der Waals surface area contributed by atoms with Crippen LogP contribution < -0.4 is 0 Å². The lowest BCUT2D eigenvalue weighted by Gasteiger charge is -1.97. The molecule has 1 aliphatic rings. The van der Waals surface area contributed by atoms with Gasteiger partial charge in [0.05, 0.1) is 12.8 Å². The largest absolute Gasteiger partial charge is 0.381 e. The van der Waals surface area contributed by atoms with Crippen LogP contribution in [0, 0.1) is 0 Å². The fourth-order valence-corrected chi connectivity index (χ4v) is 2.13. The first-order valence-electron chi connectivity index (χ1n) is 6.29. The van der Waals surface area contributed by atoms with Crippen LogP contribution in [-0.4, -0.2) is 33.6 Å². The van der Waals surface area contributed by atoms with Crippen molar-refractivity contribution in [1.82, 2.24) is 20.3 Å². The maximum Gasteiger partial charge on any atom is 0.226 e. The Kier molecular flexibility index (Phi) is 3.36.